The number of rotatable bonds is 13. The maximum absolute atomic E-state index is 14.2. The Morgan fingerprint density at radius 3 is 2.14 bits per heavy atom. The van der Waals surface area contributed by atoms with E-state index in [1.807, 2.05) is 0 Å². The number of sulfonamides is 1. The molecule has 0 bridgehead atoms. The molecule has 0 saturated heterocycles. The van der Waals surface area contributed by atoms with Crippen LogP contribution in [0.15, 0.2) is 65.6 Å². The zero-order valence-corrected chi connectivity index (χ0v) is 26.2. The van der Waals surface area contributed by atoms with Gasteiger partial charge in [-0.15, -0.1) is 0 Å². The van der Waals surface area contributed by atoms with Crippen molar-refractivity contribution in [2.75, 3.05) is 38.7 Å². The van der Waals surface area contributed by atoms with Crippen LogP contribution in [-0.4, -0.2) is 65.6 Å². The van der Waals surface area contributed by atoms with Gasteiger partial charge in [-0.2, -0.15) is 0 Å². The minimum Gasteiger partial charge on any atom is -0.495 e. The van der Waals surface area contributed by atoms with Crippen LogP contribution in [0.2, 0.25) is 10.0 Å². The number of halogens is 2. The fraction of sp³-hybridized carbons (Fsp3) is 0.310. The van der Waals surface area contributed by atoms with Crippen molar-refractivity contribution in [2.24, 2.45) is 0 Å². The van der Waals surface area contributed by atoms with Crippen LogP contribution in [0.25, 0.3) is 0 Å². The van der Waals surface area contributed by atoms with Gasteiger partial charge in [0.2, 0.25) is 11.8 Å². The minimum absolute atomic E-state index is 0.00534. The molecule has 0 unspecified atom stereocenters. The van der Waals surface area contributed by atoms with E-state index in [9.17, 15) is 18.0 Å². The van der Waals surface area contributed by atoms with Crippen molar-refractivity contribution >= 4 is 50.7 Å². The van der Waals surface area contributed by atoms with Crippen molar-refractivity contribution in [3.05, 3.63) is 76.3 Å². The summed E-state index contributed by atoms with van der Waals surface area (Å²) in [6.07, 6.45) is 0. The van der Waals surface area contributed by atoms with Crippen molar-refractivity contribution in [1.29, 1.82) is 0 Å². The summed E-state index contributed by atoms with van der Waals surface area (Å²) in [7, 11) is -0.252. The smallest absolute Gasteiger partial charge is 0.265 e. The van der Waals surface area contributed by atoms with E-state index in [0.29, 0.717) is 22.9 Å². The molecular formula is C29H33Cl2N3O7S. The quantitative estimate of drug-likeness (QED) is 0.287. The number of methoxy groups -OCH3 is 3. The topological polar surface area (TPSA) is 114 Å². The molecule has 0 aliphatic rings. The average molecular weight is 639 g/mol. The highest BCUT2D eigenvalue weighted by Gasteiger charge is 2.34. The van der Waals surface area contributed by atoms with Gasteiger partial charge in [-0.1, -0.05) is 35.3 Å². The maximum Gasteiger partial charge on any atom is 0.265 e. The molecule has 0 spiro atoms. The molecule has 0 saturated carbocycles. The lowest BCUT2D eigenvalue weighted by Crippen LogP contribution is -2.51. The van der Waals surface area contributed by atoms with Crippen molar-refractivity contribution in [3.63, 3.8) is 0 Å². The molecular weight excluding hydrogens is 605 g/mol. The average Bonchev–Trinajstić information content (AvgIpc) is 2.97. The lowest BCUT2D eigenvalue weighted by molar-refractivity contribution is -0.139. The van der Waals surface area contributed by atoms with Crippen molar-refractivity contribution in [3.8, 4) is 17.2 Å². The Morgan fingerprint density at radius 2 is 1.52 bits per heavy atom. The van der Waals surface area contributed by atoms with Gasteiger partial charge in [-0.25, -0.2) is 8.42 Å². The Labute approximate surface area is 256 Å². The number of ether oxygens (including phenoxy) is 3. The third kappa shape index (κ3) is 7.58. The molecule has 0 fully saturated rings. The molecule has 2 amide bonds. The SMILES string of the molecule is CCNC(=O)[C@@H](C)N(Cc1cccc(Cl)c1)C(=O)CN(c1cc(Cl)ccc1OC)S(=O)(=O)c1ccc(OC)c(OC)c1. The number of carbonyl (C=O) groups is 2. The molecule has 226 valence electrons. The standard InChI is InChI=1S/C29H33Cl2N3O7S/c1-6-32-29(36)19(2)33(17-20-8-7-9-21(30)14-20)28(35)18-34(24-15-22(31)10-12-25(24)39-3)42(37,38)23-11-13-26(40-4)27(16-23)41-5/h7-16,19H,6,17-18H2,1-5H3,(H,32,36)/t19-/m1/s1. The van der Waals surface area contributed by atoms with E-state index >= 15 is 0 Å². The summed E-state index contributed by atoms with van der Waals surface area (Å²) >= 11 is 12.4. The molecule has 3 aromatic rings. The zero-order chi connectivity index (χ0) is 31.0. The second kappa shape index (κ2) is 14.5. The Kier molecular flexibility index (Phi) is 11.3. The first kappa shape index (κ1) is 32.8. The Balaban J connectivity index is 2.15. The number of nitrogens with one attached hydrogen (secondary N) is 1. The van der Waals surface area contributed by atoms with E-state index in [-0.39, 0.29) is 33.6 Å². The van der Waals surface area contributed by atoms with Crippen LogP contribution in [0.3, 0.4) is 0 Å². The summed E-state index contributed by atoms with van der Waals surface area (Å²) in [4.78, 5) is 28.0. The number of hydrogen-bond acceptors (Lipinski definition) is 7. The maximum atomic E-state index is 14.2. The van der Waals surface area contributed by atoms with Gasteiger partial charge in [-0.05, 0) is 61.9 Å². The van der Waals surface area contributed by atoms with Gasteiger partial charge in [-0.3, -0.25) is 13.9 Å². The predicted molar refractivity (Wildman–Crippen MR) is 162 cm³/mol. The summed E-state index contributed by atoms with van der Waals surface area (Å²) < 4.78 is 45.3. The molecule has 1 N–H and O–H groups in total. The Hall–Kier alpha value is -3.67. The fourth-order valence-electron chi connectivity index (χ4n) is 4.21. The summed E-state index contributed by atoms with van der Waals surface area (Å²) in [5.41, 5.74) is 0.683. The minimum atomic E-state index is -4.44. The highest BCUT2D eigenvalue weighted by atomic mass is 35.5. The van der Waals surface area contributed by atoms with E-state index in [1.165, 1.54) is 62.6 Å². The summed E-state index contributed by atoms with van der Waals surface area (Å²) in [5, 5.41) is 3.38. The van der Waals surface area contributed by atoms with Crippen LogP contribution in [0.5, 0.6) is 17.2 Å². The monoisotopic (exact) mass is 637 g/mol. The largest absolute Gasteiger partial charge is 0.495 e. The van der Waals surface area contributed by atoms with E-state index in [4.69, 9.17) is 37.4 Å². The van der Waals surface area contributed by atoms with E-state index in [1.54, 1.807) is 38.1 Å². The molecule has 0 aliphatic heterocycles. The van der Waals surface area contributed by atoms with Crippen LogP contribution in [0.1, 0.15) is 19.4 Å². The number of hydrogen-bond donors (Lipinski definition) is 1. The molecule has 0 heterocycles. The number of benzene rings is 3. The number of amides is 2. The van der Waals surface area contributed by atoms with Crippen LogP contribution in [-0.2, 0) is 26.2 Å². The molecule has 3 rings (SSSR count). The van der Waals surface area contributed by atoms with Crippen LogP contribution >= 0.6 is 23.2 Å². The first-order chi connectivity index (χ1) is 20.0. The lowest BCUT2D eigenvalue weighted by Gasteiger charge is -2.32. The van der Waals surface area contributed by atoms with Crippen molar-refractivity contribution in [2.45, 2.75) is 31.3 Å². The second-order valence-electron chi connectivity index (χ2n) is 9.07. The van der Waals surface area contributed by atoms with Gasteiger partial charge >= 0.3 is 0 Å². The molecule has 1 atom stereocenters. The Morgan fingerprint density at radius 1 is 0.881 bits per heavy atom. The summed E-state index contributed by atoms with van der Waals surface area (Å²) in [6, 6.07) is 14.4. The van der Waals surface area contributed by atoms with E-state index in [0.717, 1.165) is 4.31 Å². The second-order valence-corrected chi connectivity index (χ2v) is 11.8. The Bertz CT molecular complexity index is 1540. The summed E-state index contributed by atoms with van der Waals surface area (Å²) in [5.74, 6) is -0.394. The normalized spacial score (nSPS) is 11.8. The fourth-order valence-corrected chi connectivity index (χ4v) is 6.02. The number of carbonyl (C=O) groups excluding carboxylic acids is 2. The van der Waals surface area contributed by atoms with E-state index in [2.05, 4.69) is 5.32 Å². The zero-order valence-electron chi connectivity index (χ0n) is 23.9. The molecule has 13 heteroatoms. The predicted octanol–water partition coefficient (Wildman–Crippen LogP) is 4.77. The third-order valence-corrected chi connectivity index (χ3v) is 8.62. The molecule has 0 radical (unpaired) electrons. The van der Waals surface area contributed by atoms with Gasteiger partial charge in [0.05, 0.1) is 31.9 Å². The van der Waals surface area contributed by atoms with Crippen LogP contribution < -0.4 is 23.8 Å². The molecule has 0 aromatic heterocycles. The molecule has 10 nitrogen and oxygen atoms in total. The van der Waals surface area contributed by atoms with Crippen molar-refractivity contribution in [1.82, 2.24) is 10.2 Å². The van der Waals surface area contributed by atoms with E-state index < -0.39 is 34.4 Å². The number of anilines is 1. The number of likely N-dealkylation sites (N-methyl/N-ethyl adjacent to an activating group) is 1. The first-order valence-corrected chi connectivity index (χ1v) is 15.1. The van der Waals surface area contributed by atoms with Gasteiger partial charge in [0.1, 0.15) is 18.3 Å². The lowest BCUT2D eigenvalue weighted by atomic mass is 10.1. The van der Waals surface area contributed by atoms with Gasteiger partial charge < -0.3 is 24.4 Å². The number of nitrogens with zero attached hydrogens (tertiary/aromatic N) is 2. The highest BCUT2D eigenvalue weighted by molar-refractivity contribution is 7.92. The molecule has 42 heavy (non-hydrogen) atoms. The van der Waals surface area contributed by atoms with Gasteiger partial charge in [0.15, 0.2) is 11.5 Å². The van der Waals surface area contributed by atoms with Crippen LogP contribution in [0, 0.1) is 0 Å². The van der Waals surface area contributed by atoms with Gasteiger partial charge in [0.25, 0.3) is 10.0 Å². The molecule has 3 aromatic carbocycles. The first-order valence-electron chi connectivity index (χ1n) is 12.9. The summed E-state index contributed by atoms with van der Waals surface area (Å²) in [6.45, 7) is 2.99. The van der Waals surface area contributed by atoms with Crippen molar-refractivity contribution < 1.29 is 32.2 Å². The van der Waals surface area contributed by atoms with Crippen LogP contribution in [0.4, 0.5) is 5.69 Å². The van der Waals surface area contributed by atoms with Gasteiger partial charge in [0, 0.05) is 29.2 Å². The molecule has 0 aliphatic carbocycles. The highest BCUT2D eigenvalue weighted by Crippen LogP contribution is 2.37. The third-order valence-electron chi connectivity index (χ3n) is 6.39.